The number of hydrogen-bond donors (Lipinski definition) is 0. The van der Waals surface area contributed by atoms with Crippen LogP contribution in [0.25, 0.3) is 0 Å². The molecule has 0 aliphatic rings. The van der Waals surface area contributed by atoms with Crippen molar-refractivity contribution in [3.63, 3.8) is 0 Å². The third-order valence-corrected chi connectivity index (χ3v) is 6.34. The van der Waals surface area contributed by atoms with Crippen LogP contribution in [-0.4, -0.2) is 18.7 Å². The highest BCUT2D eigenvalue weighted by atomic mass is 33.1. The molecule has 0 radical (unpaired) electrons. The van der Waals surface area contributed by atoms with Gasteiger partial charge in [0.15, 0.2) is 0 Å². The highest BCUT2D eigenvalue weighted by molar-refractivity contribution is 8.69. The summed E-state index contributed by atoms with van der Waals surface area (Å²) in [6.07, 6.45) is 20.9. The highest BCUT2D eigenvalue weighted by Gasteiger charge is 1.97. The molecule has 5 heteroatoms. The van der Waals surface area contributed by atoms with E-state index in [1.807, 2.05) is 0 Å². The Labute approximate surface area is 148 Å². The van der Waals surface area contributed by atoms with Gasteiger partial charge in [-0.05, 0) is 17.2 Å². The standard InChI is InChI=1S/C18H38O3S2/c1-2-3-4-5-6-7-8-9-10-11-12-13-14-15-16-17-18-22-23(19,20)21/h2-18H2,1H3,(H,19,20,21)/p-1. The van der Waals surface area contributed by atoms with Crippen molar-refractivity contribution in [2.45, 2.75) is 110 Å². The van der Waals surface area contributed by atoms with E-state index < -0.39 is 9.15 Å². The number of rotatable bonds is 18. The molecule has 0 aromatic carbocycles. The van der Waals surface area contributed by atoms with Crippen molar-refractivity contribution in [3.8, 4) is 0 Å². The predicted molar refractivity (Wildman–Crippen MR) is 102 cm³/mol. The Morgan fingerprint density at radius 3 is 1.22 bits per heavy atom. The minimum atomic E-state index is -4.08. The second-order valence-corrected chi connectivity index (χ2v) is 9.93. The van der Waals surface area contributed by atoms with Gasteiger partial charge >= 0.3 is 0 Å². The maximum absolute atomic E-state index is 10.4. The maximum Gasteiger partial charge on any atom is 0.149 e. The molecule has 0 amide bonds. The molecular weight excluding hydrogens is 328 g/mol. The molecule has 0 saturated carbocycles. The molecule has 0 saturated heterocycles. The van der Waals surface area contributed by atoms with Gasteiger partial charge in [0.25, 0.3) is 0 Å². The zero-order chi connectivity index (χ0) is 17.2. The molecule has 0 rings (SSSR count). The van der Waals surface area contributed by atoms with Crippen LogP contribution in [0.4, 0.5) is 0 Å². The molecule has 3 nitrogen and oxygen atoms in total. The Morgan fingerprint density at radius 1 is 0.609 bits per heavy atom. The quantitative estimate of drug-likeness (QED) is 0.159. The summed E-state index contributed by atoms with van der Waals surface area (Å²) in [5.41, 5.74) is 0. The first-order chi connectivity index (χ1) is 11.1. The second-order valence-electron chi connectivity index (χ2n) is 6.53. The van der Waals surface area contributed by atoms with E-state index in [4.69, 9.17) is 0 Å². The molecule has 0 bridgehead atoms. The Hall–Kier alpha value is 0.260. The lowest BCUT2D eigenvalue weighted by atomic mass is 10.0. The monoisotopic (exact) mass is 365 g/mol. The van der Waals surface area contributed by atoms with Gasteiger partial charge in [-0.3, -0.25) is 0 Å². The third kappa shape index (κ3) is 22.3. The van der Waals surface area contributed by atoms with Crippen LogP contribution >= 0.6 is 10.8 Å². The molecule has 0 aliphatic carbocycles. The first-order valence-electron chi connectivity index (χ1n) is 9.66. The van der Waals surface area contributed by atoms with E-state index in [-0.39, 0.29) is 0 Å². The lowest BCUT2D eigenvalue weighted by Gasteiger charge is -2.05. The Morgan fingerprint density at radius 2 is 0.913 bits per heavy atom. The third-order valence-electron chi connectivity index (χ3n) is 4.23. The molecule has 0 unspecified atom stereocenters. The van der Waals surface area contributed by atoms with Crippen molar-refractivity contribution in [1.29, 1.82) is 0 Å². The summed E-state index contributed by atoms with van der Waals surface area (Å²) in [5.74, 6) is 0.449. The van der Waals surface area contributed by atoms with Crippen LogP contribution in [-0.2, 0) is 9.15 Å². The molecule has 23 heavy (non-hydrogen) atoms. The first-order valence-corrected chi connectivity index (χ1v) is 12.6. The molecule has 0 aromatic rings. The summed E-state index contributed by atoms with van der Waals surface area (Å²) in [7, 11) is -3.54. The van der Waals surface area contributed by atoms with Crippen molar-refractivity contribution < 1.29 is 13.0 Å². The zero-order valence-corrected chi connectivity index (χ0v) is 16.7. The average molecular weight is 366 g/mol. The maximum atomic E-state index is 10.4. The number of hydrogen-bond acceptors (Lipinski definition) is 4. The van der Waals surface area contributed by atoms with Gasteiger partial charge < -0.3 is 4.55 Å². The largest absolute Gasteiger partial charge is 0.739 e. The molecule has 0 aromatic heterocycles. The van der Waals surface area contributed by atoms with Crippen LogP contribution in [0.5, 0.6) is 0 Å². The van der Waals surface area contributed by atoms with Crippen molar-refractivity contribution in [1.82, 2.24) is 0 Å². The smallest absolute Gasteiger partial charge is 0.149 e. The van der Waals surface area contributed by atoms with Gasteiger partial charge in [0.2, 0.25) is 0 Å². The van der Waals surface area contributed by atoms with Gasteiger partial charge in [-0.25, -0.2) is 8.42 Å². The van der Waals surface area contributed by atoms with Gasteiger partial charge in [-0.1, -0.05) is 103 Å². The topological polar surface area (TPSA) is 57.2 Å². The van der Waals surface area contributed by atoms with E-state index in [1.54, 1.807) is 0 Å². The molecule has 0 spiro atoms. The van der Waals surface area contributed by atoms with E-state index in [9.17, 15) is 13.0 Å². The molecule has 140 valence electrons. The average Bonchev–Trinajstić information content (AvgIpc) is 2.49. The van der Waals surface area contributed by atoms with Crippen molar-refractivity contribution >= 4 is 19.9 Å². The fraction of sp³-hybridized carbons (Fsp3) is 1.00. The lowest BCUT2D eigenvalue weighted by molar-refractivity contribution is 0.482. The summed E-state index contributed by atoms with van der Waals surface area (Å²) in [5, 5.41) is 0. The van der Waals surface area contributed by atoms with Crippen molar-refractivity contribution in [2.75, 3.05) is 5.75 Å². The van der Waals surface area contributed by atoms with E-state index in [0.717, 1.165) is 19.3 Å². The molecule has 0 fully saturated rings. The van der Waals surface area contributed by atoms with Crippen LogP contribution in [0.1, 0.15) is 110 Å². The Kier molecular flexibility index (Phi) is 17.3. The van der Waals surface area contributed by atoms with Gasteiger partial charge in [-0.15, -0.1) is 0 Å². The molecule has 0 aliphatic heterocycles. The fourth-order valence-electron chi connectivity index (χ4n) is 2.81. The fourth-order valence-corrected chi connectivity index (χ4v) is 4.30. The summed E-state index contributed by atoms with van der Waals surface area (Å²) in [6, 6.07) is 0. The first kappa shape index (κ1) is 23.3. The van der Waals surface area contributed by atoms with E-state index in [2.05, 4.69) is 6.92 Å². The van der Waals surface area contributed by atoms with Crippen molar-refractivity contribution in [3.05, 3.63) is 0 Å². The van der Waals surface area contributed by atoms with Crippen LogP contribution in [0, 0.1) is 0 Å². The second kappa shape index (κ2) is 17.1. The van der Waals surface area contributed by atoms with Crippen LogP contribution in [0.15, 0.2) is 0 Å². The Balaban J connectivity index is 3.03. The molecular formula is C18H37O3S2-. The zero-order valence-electron chi connectivity index (χ0n) is 15.1. The SMILES string of the molecule is CCCCCCCCCCCCCCCCCCSS(=O)(=O)[O-]. The summed E-state index contributed by atoms with van der Waals surface area (Å²) in [6.45, 7) is 2.26. The molecule has 0 atom stereocenters. The summed E-state index contributed by atoms with van der Waals surface area (Å²) in [4.78, 5) is 0. The van der Waals surface area contributed by atoms with Crippen LogP contribution in [0.2, 0.25) is 0 Å². The summed E-state index contributed by atoms with van der Waals surface area (Å²) >= 11 is 0. The van der Waals surface area contributed by atoms with Crippen LogP contribution in [0.3, 0.4) is 0 Å². The lowest BCUT2D eigenvalue weighted by Crippen LogP contribution is -1.92. The number of unbranched alkanes of at least 4 members (excludes halogenated alkanes) is 15. The highest BCUT2D eigenvalue weighted by Crippen LogP contribution is 2.15. The molecule has 0 heterocycles. The van der Waals surface area contributed by atoms with E-state index in [0.29, 0.717) is 16.5 Å². The van der Waals surface area contributed by atoms with E-state index in [1.165, 1.54) is 83.5 Å². The van der Waals surface area contributed by atoms with Crippen molar-refractivity contribution in [2.24, 2.45) is 0 Å². The predicted octanol–water partition coefficient (Wildman–Crippen LogP) is 6.44. The van der Waals surface area contributed by atoms with Gasteiger partial charge in [0.1, 0.15) is 9.15 Å². The van der Waals surface area contributed by atoms with E-state index >= 15 is 0 Å². The van der Waals surface area contributed by atoms with Gasteiger partial charge in [0, 0.05) is 5.75 Å². The van der Waals surface area contributed by atoms with Gasteiger partial charge in [-0.2, -0.15) is 0 Å². The Bertz CT molecular complexity index is 329. The summed E-state index contributed by atoms with van der Waals surface area (Å²) < 4.78 is 31.2. The minimum Gasteiger partial charge on any atom is -0.739 e. The molecule has 0 N–H and O–H groups in total. The van der Waals surface area contributed by atoms with Gasteiger partial charge in [0.05, 0.1) is 0 Å². The minimum absolute atomic E-state index is 0.449. The normalized spacial score (nSPS) is 11.9. The van der Waals surface area contributed by atoms with Crippen LogP contribution < -0.4 is 0 Å².